The third kappa shape index (κ3) is 5.06. The average molecular weight is 455 g/mol. The second kappa shape index (κ2) is 10.6. The van der Waals surface area contributed by atoms with Crippen molar-refractivity contribution in [3.8, 4) is 0 Å². The third-order valence-electron chi connectivity index (χ3n) is 5.86. The maximum atomic E-state index is 6.49. The molecule has 34 heavy (non-hydrogen) atoms. The Kier molecular flexibility index (Phi) is 7.17. The van der Waals surface area contributed by atoms with Gasteiger partial charge in [0.25, 0.3) is 0 Å². The van der Waals surface area contributed by atoms with Crippen LogP contribution in [-0.2, 0) is 0 Å². The molecule has 174 valence electrons. The number of nitrogens with two attached hydrogens (primary N) is 1. The van der Waals surface area contributed by atoms with Gasteiger partial charge in [-0.05, 0) is 60.7 Å². The fourth-order valence-electron chi connectivity index (χ4n) is 3.98. The van der Waals surface area contributed by atoms with Gasteiger partial charge in [0.2, 0.25) is 0 Å². The summed E-state index contributed by atoms with van der Waals surface area (Å²) in [6.45, 7) is 4.42. The molecule has 0 aromatic carbocycles. The molecule has 0 spiro atoms. The number of allylic oxidation sites excluding steroid dienone is 3. The zero-order valence-corrected chi connectivity index (χ0v) is 19.7. The lowest BCUT2D eigenvalue weighted by Gasteiger charge is -2.22. The lowest BCUT2D eigenvalue weighted by atomic mass is 9.94. The molecule has 4 heterocycles. The van der Waals surface area contributed by atoms with E-state index in [4.69, 9.17) is 10.7 Å². The average Bonchev–Trinajstić information content (AvgIpc) is 2.88. The van der Waals surface area contributed by atoms with Crippen LogP contribution >= 0.6 is 0 Å². The number of hydrogen-bond acceptors (Lipinski definition) is 8. The zero-order valence-electron chi connectivity index (χ0n) is 19.7. The second-order valence-electron chi connectivity index (χ2n) is 8.02. The van der Waals surface area contributed by atoms with Gasteiger partial charge in [-0.1, -0.05) is 13.8 Å². The van der Waals surface area contributed by atoms with Gasteiger partial charge in [-0.25, -0.2) is 4.98 Å². The molecule has 0 aliphatic carbocycles. The van der Waals surface area contributed by atoms with Crippen molar-refractivity contribution in [3.05, 3.63) is 83.7 Å². The van der Waals surface area contributed by atoms with Gasteiger partial charge in [-0.15, -0.1) is 0 Å². The number of nitrogens with zero attached hydrogens (tertiary/aromatic N) is 4. The van der Waals surface area contributed by atoms with E-state index in [1.807, 2.05) is 36.5 Å². The highest BCUT2D eigenvalue weighted by atomic mass is 15.4. The van der Waals surface area contributed by atoms with E-state index in [0.717, 1.165) is 52.2 Å². The van der Waals surface area contributed by atoms with Gasteiger partial charge < -0.3 is 16.5 Å². The molecule has 3 aromatic heterocycles. The van der Waals surface area contributed by atoms with Gasteiger partial charge in [0.15, 0.2) is 0 Å². The number of hydrazine groups is 1. The molecule has 0 fully saturated rings. The predicted molar refractivity (Wildman–Crippen MR) is 139 cm³/mol. The van der Waals surface area contributed by atoms with Gasteiger partial charge in [0.05, 0.1) is 11.0 Å². The quantitative estimate of drug-likeness (QED) is 0.377. The fraction of sp³-hybridized carbons (Fsp3) is 0.231. The van der Waals surface area contributed by atoms with Crippen LogP contribution in [0.25, 0.3) is 22.3 Å². The number of pyridine rings is 3. The largest absolute Gasteiger partial charge is 0.398 e. The van der Waals surface area contributed by atoms with Crippen molar-refractivity contribution in [2.75, 3.05) is 12.4 Å². The highest BCUT2D eigenvalue weighted by molar-refractivity contribution is 6.19. The topological polar surface area (TPSA) is 113 Å². The van der Waals surface area contributed by atoms with E-state index in [9.17, 15) is 0 Å². The molecule has 0 saturated carbocycles. The van der Waals surface area contributed by atoms with Crippen molar-refractivity contribution in [1.29, 1.82) is 0 Å². The van der Waals surface area contributed by atoms with E-state index < -0.39 is 0 Å². The molecule has 1 aliphatic heterocycles. The first-order valence-corrected chi connectivity index (χ1v) is 11.4. The first kappa shape index (κ1) is 23.0. The number of hydrogen-bond donors (Lipinski definition) is 4. The van der Waals surface area contributed by atoms with Crippen LogP contribution < -0.4 is 21.9 Å². The van der Waals surface area contributed by atoms with Gasteiger partial charge >= 0.3 is 0 Å². The maximum absolute atomic E-state index is 6.49. The molecule has 8 nitrogen and oxygen atoms in total. The summed E-state index contributed by atoms with van der Waals surface area (Å²) in [6.07, 6.45) is 13.3. The van der Waals surface area contributed by atoms with E-state index in [2.05, 4.69) is 51.1 Å². The molecule has 5 N–H and O–H groups in total. The molecule has 0 radical (unpaired) electrons. The van der Waals surface area contributed by atoms with Crippen LogP contribution in [0.4, 0.5) is 5.82 Å². The molecular formula is C26H30N8. The number of fused-ring (bicyclic) bond motifs is 1. The minimum atomic E-state index is 0.513. The molecule has 8 heteroatoms. The Morgan fingerprint density at radius 1 is 1.12 bits per heavy atom. The Balaban J connectivity index is 1.66. The first-order chi connectivity index (χ1) is 16.6. The molecule has 0 bridgehead atoms. The molecule has 1 aliphatic rings. The summed E-state index contributed by atoms with van der Waals surface area (Å²) in [7, 11) is 1.72. The van der Waals surface area contributed by atoms with E-state index >= 15 is 0 Å². The standard InChI is InChI=1S/C26H30N8/c1-4-17(5-2)19-13-25(34-31-15-19)33-24-7-6-22-23(32-24)12-20(14-30-22)21(16-28-3)26(27)18-8-10-29-11-9-18/h6-17,31,34H,4-5,27H2,1-3H3,(H,32,33). The van der Waals surface area contributed by atoms with Crippen molar-refractivity contribution < 1.29 is 0 Å². The normalized spacial score (nSPS) is 14.4. The second-order valence-corrected chi connectivity index (χ2v) is 8.02. The van der Waals surface area contributed by atoms with Gasteiger partial charge in [0, 0.05) is 60.4 Å². The highest BCUT2D eigenvalue weighted by Crippen LogP contribution is 2.25. The van der Waals surface area contributed by atoms with Gasteiger partial charge in [-0.2, -0.15) is 0 Å². The number of anilines is 1. The Hall–Kier alpha value is -4.20. The van der Waals surface area contributed by atoms with Crippen LogP contribution in [0, 0.1) is 5.92 Å². The number of nitrogens with one attached hydrogen (secondary N) is 3. The molecule has 4 rings (SSSR count). The third-order valence-corrected chi connectivity index (χ3v) is 5.86. The Morgan fingerprint density at radius 3 is 2.65 bits per heavy atom. The minimum Gasteiger partial charge on any atom is -0.398 e. The van der Waals surface area contributed by atoms with E-state index in [1.54, 1.807) is 31.9 Å². The van der Waals surface area contributed by atoms with Crippen LogP contribution in [0.3, 0.4) is 0 Å². The first-order valence-electron chi connectivity index (χ1n) is 11.4. The van der Waals surface area contributed by atoms with Crippen LogP contribution in [0.5, 0.6) is 0 Å². The molecule has 0 unspecified atom stereocenters. The smallest absolute Gasteiger partial charge is 0.132 e. The van der Waals surface area contributed by atoms with Crippen molar-refractivity contribution in [2.45, 2.75) is 26.7 Å². The van der Waals surface area contributed by atoms with Crippen LogP contribution in [0.1, 0.15) is 37.8 Å². The molecule has 3 aromatic rings. The van der Waals surface area contributed by atoms with E-state index in [1.165, 1.54) is 5.57 Å². The Labute approximate surface area is 199 Å². The molecule has 0 saturated heterocycles. The van der Waals surface area contributed by atoms with Gasteiger partial charge in [0.1, 0.15) is 11.6 Å². The van der Waals surface area contributed by atoms with Crippen molar-refractivity contribution >= 4 is 34.3 Å². The summed E-state index contributed by atoms with van der Waals surface area (Å²) < 4.78 is 0. The summed E-state index contributed by atoms with van der Waals surface area (Å²) in [5.41, 5.74) is 18.7. The summed E-state index contributed by atoms with van der Waals surface area (Å²) in [6, 6.07) is 9.59. The Morgan fingerprint density at radius 2 is 1.91 bits per heavy atom. The summed E-state index contributed by atoms with van der Waals surface area (Å²) >= 11 is 0. The SMILES string of the molecule is CCC(CC)C1=CNNC(Nc2ccc3ncc(C(C=NC)=C(N)c4ccncc4)cc3n2)=C1. The zero-order chi connectivity index (χ0) is 23.9. The van der Waals surface area contributed by atoms with Gasteiger partial charge in [-0.3, -0.25) is 20.4 Å². The Bertz CT molecular complexity index is 1270. The van der Waals surface area contributed by atoms with Crippen LogP contribution in [-0.4, -0.2) is 28.2 Å². The number of aliphatic imine (C=N–C) groups is 1. The molecule has 0 atom stereocenters. The summed E-state index contributed by atoms with van der Waals surface area (Å²) in [4.78, 5) is 17.7. The fourth-order valence-corrected chi connectivity index (χ4v) is 3.98. The van der Waals surface area contributed by atoms with E-state index in [0.29, 0.717) is 11.6 Å². The molecular weight excluding hydrogens is 424 g/mol. The summed E-state index contributed by atoms with van der Waals surface area (Å²) in [5.74, 6) is 2.08. The number of aromatic nitrogens is 3. The summed E-state index contributed by atoms with van der Waals surface area (Å²) in [5, 5.41) is 3.37. The predicted octanol–water partition coefficient (Wildman–Crippen LogP) is 4.23. The monoisotopic (exact) mass is 454 g/mol. The number of rotatable bonds is 8. The van der Waals surface area contributed by atoms with E-state index in [-0.39, 0.29) is 0 Å². The lowest BCUT2D eigenvalue weighted by Crippen LogP contribution is -2.34. The highest BCUT2D eigenvalue weighted by Gasteiger charge is 2.14. The van der Waals surface area contributed by atoms with Crippen LogP contribution in [0.2, 0.25) is 0 Å². The van der Waals surface area contributed by atoms with Crippen molar-refractivity contribution in [1.82, 2.24) is 25.8 Å². The minimum absolute atomic E-state index is 0.513. The lowest BCUT2D eigenvalue weighted by molar-refractivity contribution is 0.564. The van der Waals surface area contributed by atoms with Crippen molar-refractivity contribution in [3.63, 3.8) is 0 Å². The molecule has 0 amide bonds. The maximum Gasteiger partial charge on any atom is 0.132 e. The van der Waals surface area contributed by atoms with Crippen molar-refractivity contribution in [2.24, 2.45) is 16.6 Å². The van der Waals surface area contributed by atoms with Crippen LogP contribution in [0.15, 0.2) is 77.6 Å².